The first kappa shape index (κ1) is 23.4. The molecule has 2 fully saturated rings. The van der Waals surface area contributed by atoms with Crippen LogP contribution in [0.4, 0.5) is 5.69 Å². The van der Waals surface area contributed by atoms with Gasteiger partial charge in [-0.25, -0.2) is 0 Å². The van der Waals surface area contributed by atoms with Crippen LogP contribution in [0.5, 0.6) is 0 Å². The SMILES string of the molecule is CCN1CCC(N(C)CCCNc2cccc3c2C(=O)N(C2CCC(=O)NC2=O)C3=O)CC1. The fourth-order valence-corrected chi connectivity index (χ4v) is 5.07. The molecule has 0 aromatic heterocycles. The van der Waals surface area contributed by atoms with Gasteiger partial charge >= 0.3 is 0 Å². The molecular weight excluding hydrogens is 422 g/mol. The van der Waals surface area contributed by atoms with E-state index < -0.39 is 23.8 Å². The number of hydrogen-bond acceptors (Lipinski definition) is 7. The summed E-state index contributed by atoms with van der Waals surface area (Å²) in [6, 6.07) is 4.81. The Labute approximate surface area is 194 Å². The Kier molecular flexibility index (Phi) is 7.09. The summed E-state index contributed by atoms with van der Waals surface area (Å²) in [5.41, 5.74) is 1.22. The van der Waals surface area contributed by atoms with E-state index in [0.29, 0.717) is 29.4 Å². The summed E-state index contributed by atoms with van der Waals surface area (Å²) in [4.78, 5) is 55.7. The lowest BCUT2D eigenvalue weighted by atomic mass is 10.0. The van der Waals surface area contributed by atoms with Crippen LogP contribution in [-0.4, -0.2) is 90.2 Å². The Hall–Kier alpha value is -2.78. The number of benzene rings is 1. The fraction of sp³-hybridized carbons (Fsp3) is 0.583. The second-order valence-electron chi connectivity index (χ2n) is 9.10. The third-order valence-corrected chi connectivity index (χ3v) is 7.10. The van der Waals surface area contributed by atoms with Crippen LogP contribution in [0.25, 0.3) is 0 Å². The Balaban J connectivity index is 1.34. The number of carbonyl (C=O) groups excluding carboxylic acids is 4. The fourth-order valence-electron chi connectivity index (χ4n) is 5.07. The van der Waals surface area contributed by atoms with Crippen molar-refractivity contribution in [3.8, 4) is 0 Å². The predicted molar refractivity (Wildman–Crippen MR) is 124 cm³/mol. The van der Waals surface area contributed by atoms with Gasteiger partial charge in [0.2, 0.25) is 11.8 Å². The van der Waals surface area contributed by atoms with Crippen LogP contribution < -0.4 is 10.6 Å². The Morgan fingerprint density at radius 1 is 1.09 bits per heavy atom. The summed E-state index contributed by atoms with van der Waals surface area (Å²) < 4.78 is 0. The zero-order valence-electron chi connectivity index (χ0n) is 19.4. The van der Waals surface area contributed by atoms with E-state index >= 15 is 0 Å². The average molecular weight is 456 g/mol. The van der Waals surface area contributed by atoms with Gasteiger partial charge in [-0.05, 0) is 71.0 Å². The highest BCUT2D eigenvalue weighted by atomic mass is 16.2. The molecule has 3 heterocycles. The first-order valence-corrected chi connectivity index (χ1v) is 11.9. The molecule has 1 atom stereocenters. The second-order valence-corrected chi connectivity index (χ2v) is 9.10. The van der Waals surface area contributed by atoms with Crippen molar-refractivity contribution in [1.82, 2.24) is 20.0 Å². The Morgan fingerprint density at radius 2 is 1.85 bits per heavy atom. The lowest BCUT2D eigenvalue weighted by Gasteiger charge is -2.36. The number of amides is 4. The Morgan fingerprint density at radius 3 is 2.55 bits per heavy atom. The maximum Gasteiger partial charge on any atom is 0.264 e. The quantitative estimate of drug-likeness (QED) is 0.450. The van der Waals surface area contributed by atoms with Crippen molar-refractivity contribution in [2.75, 3.05) is 45.1 Å². The van der Waals surface area contributed by atoms with Crippen LogP contribution in [0.3, 0.4) is 0 Å². The minimum absolute atomic E-state index is 0.111. The molecule has 3 aliphatic rings. The lowest BCUT2D eigenvalue weighted by molar-refractivity contribution is -0.136. The molecule has 4 amide bonds. The number of likely N-dealkylation sites (tertiary alicyclic amines) is 1. The molecule has 1 aromatic carbocycles. The molecule has 1 unspecified atom stereocenters. The molecule has 33 heavy (non-hydrogen) atoms. The van der Waals surface area contributed by atoms with E-state index in [1.54, 1.807) is 18.2 Å². The summed E-state index contributed by atoms with van der Waals surface area (Å²) in [6.45, 7) is 7.25. The van der Waals surface area contributed by atoms with Crippen LogP contribution >= 0.6 is 0 Å². The molecule has 2 N–H and O–H groups in total. The summed E-state index contributed by atoms with van der Waals surface area (Å²) in [5.74, 6) is -1.93. The normalized spacial score (nSPS) is 22.2. The van der Waals surface area contributed by atoms with Crippen molar-refractivity contribution in [1.29, 1.82) is 0 Å². The highest BCUT2D eigenvalue weighted by Crippen LogP contribution is 2.32. The molecule has 9 heteroatoms. The molecule has 9 nitrogen and oxygen atoms in total. The van der Waals surface area contributed by atoms with Crippen LogP contribution in [-0.2, 0) is 9.59 Å². The first-order valence-electron chi connectivity index (χ1n) is 11.9. The molecule has 0 bridgehead atoms. The molecule has 178 valence electrons. The lowest BCUT2D eigenvalue weighted by Crippen LogP contribution is -2.54. The van der Waals surface area contributed by atoms with Crippen LogP contribution in [0, 0.1) is 0 Å². The zero-order chi connectivity index (χ0) is 23.5. The summed E-state index contributed by atoms with van der Waals surface area (Å²) >= 11 is 0. The minimum Gasteiger partial charge on any atom is -0.384 e. The maximum atomic E-state index is 13.1. The van der Waals surface area contributed by atoms with E-state index in [-0.39, 0.29) is 18.7 Å². The van der Waals surface area contributed by atoms with Crippen LogP contribution in [0.2, 0.25) is 0 Å². The molecule has 0 saturated carbocycles. The summed E-state index contributed by atoms with van der Waals surface area (Å²) in [6.07, 6.45) is 3.56. The second kappa shape index (κ2) is 10.0. The molecule has 0 spiro atoms. The minimum atomic E-state index is -0.948. The maximum absolute atomic E-state index is 13.1. The van der Waals surface area contributed by atoms with Crippen molar-refractivity contribution < 1.29 is 19.2 Å². The van der Waals surface area contributed by atoms with Gasteiger partial charge in [-0.3, -0.25) is 29.4 Å². The molecular formula is C24H33N5O4. The smallest absolute Gasteiger partial charge is 0.264 e. The number of hydrogen-bond donors (Lipinski definition) is 2. The highest BCUT2D eigenvalue weighted by molar-refractivity contribution is 6.25. The van der Waals surface area contributed by atoms with Gasteiger partial charge in [0.05, 0.1) is 11.1 Å². The van der Waals surface area contributed by atoms with Gasteiger partial charge in [0, 0.05) is 24.7 Å². The molecule has 0 radical (unpaired) electrons. The molecule has 4 rings (SSSR count). The summed E-state index contributed by atoms with van der Waals surface area (Å²) in [5, 5.41) is 5.55. The first-order chi connectivity index (χ1) is 15.9. The van der Waals surface area contributed by atoms with Crippen molar-refractivity contribution in [3.05, 3.63) is 29.3 Å². The van der Waals surface area contributed by atoms with Gasteiger partial charge in [-0.2, -0.15) is 0 Å². The third-order valence-electron chi connectivity index (χ3n) is 7.10. The van der Waals surface area contributed by atoms with Gasteiger partial charge < -0.3 is 15.1 Å². The van der Waals surface area contributed by atoms with Crippen LogP contribution in [0.1, 0.15) is 59.7 Å². The van der Waals surface area contributed by atoms with E-state index in [0.717, 1.165) is 37.5 Å². The van der Waals surface area contributed by atoms with Crippen molar-refractivity contribution >= 4 is 29.3 Å². The largest absolute Gasteiger partial charge is 0.384 e. The standard InChI is InChI=1S/C24H33N5O4/c1-3-28-14-10-16(11-15-28)27(2)13-5-12-25-18-7-4-6-17-21(18)24(33)29(23(17)32)19-8-9-20(30)26-22(19)31/h4,6-7,16,19,25H,3,5,8-15H2,1-2H3,(H,26,30,31). The van der Waals surface area contributed by atoms with Crippen LogP contribution in [0.15, 0.2) is 18.2 Å². The molecule has 1 aromatic rings. The highest BCUT2D eigenvalue weighted by Gasteiger charge is 2.45. The van der Waals surface area contributed by atoms with Crippen molar-refractivity contribution in [2.45, 2.75) is 51.1 Å². The van der Waals surface area contributed by atoms with Gasteiger partial charge in [0.1, 0.15) is 6.04 Å². The predicted octanol–water partition coefficient (Wildman–Crippen LogP) is 1.31. The number of rotatable bonds is 8. The number of anilines is 1. The number of fused-ring (bicyclic) bond motifs is 1. The van der Waals surface area contributed by atoms with E-state index in [1.165, 1.54) is 12.8 Å². The number of carbonyl (C=O) groups is 4. The molecule has 2 saturated heterocycles. The number of piperidine rings is 2. The summed E-state index contributed by atoms with van der Waals surface area (Å²) in [7, 11) is 2.17. The van der Waals surface area contributed by atoms with E-state index in [1.807, 2.05) is 0 Å². The molecule has 0 aliphatic carbocycles. The third kappa shape index (κ3) is 4.79. The number of nitrogens with one attached hydrogen (secondary N) is 2. The topological polar surface area (TPSA) is 102 Å². The number of nitrogens with zero attached hydrogens (tertiary/aromatic N) is 3. The number of imide groups is 2. The van der Waals surface area contributed by atoms with Gasteiger partial charge in [0.15, 0.2) is 0 Å². The van der Waals surface area contributed by atoms with E-state index in [4.69, 9.17) is 0 Å². The molecule has 3 aliphatic heterocycles. The van der Waals surface area contributed by atoms with Gasteiger partial charge in [-0.1, -0.05) is 13.0 Å². The van der Waals surface area contributed by atoms with E-state index in [2.05, 4.69) is 34.4 Å². The van der Waals surface area contributed by atoms with Gasteiger partial charge in [0.25, 0.3) is 11.8 Å². The van der Waals surface area contributed by atoms with Gasteiger partial charge in [-0.15, -0.1) is 0 Å². The van der Waals surface area contributed by atoms with E-state index in [9.17, 15) is 19.2 Å². The monoisotopic (exact) mass is 455 g/mol. The zero-order valence-corrected chi connectivity index (χ0v) is 19.4. The van der Waals surface area contributed by atoms with Crippen molar-refractivity contribution in [2.24, 2.45) is 0 Å². The van der Waals surface area contributed by atoms with Crippen molar-refractivity contribution in [3.63, 3.8) is 0 Å². The Bertz CT molecular complexity index is 941. The average Bonchev–Trinajstić information content (AvgIpc) is 3.07.